The van der Waals surface area contributed by atoms with Gasteiger partial charge in [-0.3, -0.25) is 0 Å². The minimum absolute atomic E-state index is 0.169. The lowest BCUT2D eigenvalue weighted by Gasteiger charge is -2.17. The summed E-state index contributed by atoms with van der Waals surface area (Å²) in [4.78, 5) is 4.32. The number of ether oxygens (including phenoxy) is 1. The molecule has 0 saturated carbocycles. The Labute approximate surface area is 96.6 Å². The third-order valence-electron chi connectivity index (χ3n) is 2.39. The molecule has 0 radical (unpaired) electrons. The van der Waals surface area contributed by atoms with Crippen LogP contribution in [0.2, 0.25) is 0 Å². The molecule has 2 nitrogen and oxygen atoms in total. The van der Waals surface area contributed by atoms with Crippen molar-refractivity contribution in [3.8, 4) is 5.88 Å². The highest BCUT2D eigenvalue weighted by Gasteiger charge is 2.10. The van der Waals surface area contributed by atoms with E-state index in [1.807, 2.05) is 19.1 Å². The van der Waals surface area contributed by atoms with E-state index >= 15 is 0 Å². The summed E-state index contributed by atoms with van der Waals surface area (Å²) in [5.41, 5.74) is 1.99. The molecule has 3 heteroatoms. The van der Waals surface area contributed by atoms with Crippen LogP contribution in [-0.2, 0) is 5.88 Å². The maximum atomic E-state index is 5.79. The van der Waals surface area contributed by atoms with Gasteiger partial charge >= 0.3 is 0 Å². The predicted octanol–water partition coefficient (Wildman–Crippen LogP) is 3.55. The number of aromatic nitrogens is 1. The van der Waals surface area contributed by atoms with Crippen LogP contribution >= 0.6 is 11.6 Å². The van der Waals surface area contributed by atoms with E-state index in [0.717, 1.165) is 11.3 Å². The number of halogens is 1. The summed E-state index contributed by atoms with van der Waals surface area (Å²) >= 11 is 5.79. The molecule has 0 aromatic carbocycles. The minimum atomic E-state index is 0.169. The van der Waals surface area contributed by atoms with Crippen LogP contribution < -0.4 is 4.74 Å². The van der Waals surface area contributed by atoms with Crippen LogP contribution in [0.1, 0.15) is 32.0 Å². The molecule has 0 amide bonds. The van der Waals surface area contributed by atoms with E-state index in [2.05, 4.69) is 25.8 Å². The molecular weight excluding hydrogens is 210 g/mol. The highest BCUT2D eigenvalue weighted by Crippen LogP contribution is 2.17. The first-order valence-electron chi connectivity index (χ1n) is 5.23. The number of hydrogen-bond donors (Lipinski definition) is 0. The van der Waals surface area contributed by atoms with Crippen molar-refractivity contribution in [2.45, 2.75) is 39.7 Å². The number of alkyl halides is 1. The van der Waals surface area contributed by atoms with Crippen molar-refractivity contribution in [1.82, 2.24) is 4.98 Å². The Kier molecular flexibility index (Phi) is 4.40. The molecule has 1 rings (SSSR count). The normalized spacial score (nSPS) is 12.9. The third-order valence-corrected chi connectivity index (χ3v) is 2.70. The van der Waals surface area contributed by atoms with Crippen molar-refractivity contribution in [3.05, 3.63) is 23.4 Å². The largest absolute Gasteiger partial charge is 0.474 e. The topological polar surface area (TPSA) is 22.1 Å². The number of hydrogen-bond acceptors (Lipinski definition) is 2. The highest BCUT2D eigenvalue weighted by atomic mass is 35.5. The van der Waals surface area contributed by atoms with Crippen molar-refractivity contribution < 1.29 is 4.74 Å². The predicted molar refractivity (Wildman–Crippen MR) is 63.5 cm³/mol. The van der Waals surface area contributed by atoms with E-state index in [4.69, 9.17) is 16.3 Å². The zero-order chi connectivity index (χ0) is 11.4. The number of pyridine rings is 1. The van der Waals surface area contributed by atoms with Gasteiger partial charge in [-0.1, -0.05) is 13.8 Å². The van der Waals surface area contributed by atoms with E-state index < -0.39 is 0 Å². The fourth-order valence-corrected chi connectivity index (χ4v) is 1.33. The van der Waals surface area contributed by atoms with E-state index in [0.29, 0.717) is 17.7 Å². The van der Waals surface area contributed by atoms with Gasteiger partial charge in [0, 0.05) is 17.6 Å². The monoisotopic (exact) mass is 227 g/mol. The van der Waals surface area contributed by atoms with Crippen molar-refractivity contribution in [3.63, 3.8) is 0 Å². The average Bonchev–Trinajstić information content (AvgIpc) is 2.16. The van der Waals surface area contributed by atoms with Crippen LogP contribution in [0.5, 0.6) is 5.88 Å². The van der Waals surface area contributed by atoms with Crippen LogP contribution in [0.3, 0.4) is 0 Å². The second kappa shape index (κ2) is 5.36. The van der Waals surface area contributed by atoms with Gasteiger partial charge in [-0.25, -0.2) is 4.98 Å². The maximum Gasteiger partial charge on any atom is 0.214 e. The highest BCUT2D eigenvalue weighted by molar-refractivity contribution is 6.17. The zero-order valence-corrected chi connectivity index (χ0v) is 10.5. The van der Waals surface area contributed by atoms with Crippen molar-refractivity contribution in [1.29, 1.82) is 0 Å². The molecule has 0 N–H and O–H groups in total. The molecule has 1 unspecified atom stereocenters. The van der Waals surface area contributed by atoms with Gasteiger partial charge in [0.2, 0.25) is 5.88 Å². The maximum absolute atomic E-state index is 5.79. The number of rotatable bonds is 4. The van der Waals surface area contributed by atoms with Gasteiger partial charge in [-0.2, -0.15) is 0 Å². The van der Waals surface area contributed by atoms with Crippen molar-refractivity contribution in [2.24, 2.45) is 5.92 Å². The Hall–Kier alpha value is -0.760. The van der Waals surface area contributed by atoms with Gasteiger partial charge < -0.3 is 4.74 Å². The number of aryl methyl sites for hydroxylation is 1. The summed E-state index contributed by atoms with van der Waals surface area (Å²) in [5, 5.41) is 0. The Morgan fingerprint density at radius 1 is 1.33 bits per heavy atom. The Morgan fingerprint density at radius 2 is 2.00 bits per heavy atom. The molecule has 1 aromatic heterocycles. The molecule has 0 bridgehead atoms. The van der Waals surface area contributed by atoms with Crippen LogP contribution in [0.15, 0.2) is 12.1 Å². The van der Waals surface area contributed by atoms with E-state index in [1.165, 1.54) is 0 Å². The second-order valence-corrected chi connectivity index (χ2v) is 4.42. The summed E-state index contributed by atoms with van der Waals surface area (Å²) in [6, 6.07) is 3.87. The molecule has 0 aliphatic heterocycles. The first-order valence-corrected chi connectivity index (χ1v) is 5.76. The molecule has 0 saturated heterocycles. The molecule has 0 aliphatic carbocycles. The lowest BCUT2D eigenvalue weighted by Crippen LogP contribution is -2.19. The van der Waals surface area contributed by atoms with Crippen LogP contribution in [-0.4, -0.2) is 11.1 Å². The SMILES string of the molecule is Cc1cc(CCl)cc(OC(C)C(C)C)n1. The molecule has 84 valence electrons. The number of nitrogens with zero attached hydrogens (tertiary/aromatic N) is 1. The fraction of sp³-hybridized carbons (Fsp3) is 0.583. The molecular formula is C12H18ClNO. The first kappa shape index (κ1) is 12.3. The van der Waals surface area contributed by atoms with Gasteiger partial charge in [0.25, 0.3) is 0 Å². The summed E-state index contributed by atoms with van der Waals surface area (Å²) in [5.74, 6) is 1.65. The van der Waals surface area contributed by atoms with Crippen LogP contribution in [0, 0.1) is 12.8 Å². The summed E-state index contributed by atoms with van der Waals surface area (Å²) in [7, 11) is 0. The zero-order valence-electron chi connectivity index (χ0n) is 9.75. The summed E-state index contributed by atoms with van der Waals surface area (Å²) < 4.78 is 5.73. The Bertz CT molecular complexity index is 325. The van der Waals surface area contributed by atoms with Gasteiger partial charge in [0.05, 0.1) is 6.10 Å². The van der Waals surface area contributed by atoms with Gasteiger partial charge in [-0.15, -0.1) is 11.6 Å². The van der Waals surface area contributed by atoms with Gasteiger partial charge in [-0.05, 0) is 31.4 Å². The molecule has 1 aromatic rings. The lowest BCUT2D eigenvalue weighted by atomic mass is 10.1. The van der Waals surface area contributed by atoms with Crippen LogP contribution in [0.25, 0.3) is 0 Å². The van der Waals surface area contributed by atoms with Crippen molar-refractivity contribution in [2.75, 3.05) is 0 Å². The van der Waals surface area contributed by atoms with E-state index in [9.17, 15) is 0 Å². The Balaban J connectivity index is 2.80. The smallest absolute Gasteiger partial charge is 0.214 e. The lowest BCUT2D eigenvalue weighted by molar-refractivity contribution is 0.163. The summed E-state index contributed by atoms with van der Waals surface area (Å²) in [6.07, 6.45) is 0.169. The third kappa shape index (κ3) is 3.71. The fourth-order valence-electron chi connectivity index (χ4n) is 1.17. The molecule has 15 heavy (non-hydrogen) atoms. The van der Waals surface area contributed by atoms with E-state index in [-0.39, 0.29) is 6.10 Å². The van der Waals surface area contributed by atoms with Gasteiger partial charge in [0.1, 0.15) is 0 Å². The average molecular weight is 228 g/mol. The minimum Gasteiger partial charge on any atom is -0.474 e. The second-order valence-electron chi connectivity index (χ2n) is 4.16. The quantitative estimate of drug-likeness (QED) is 0.734. The standard InChI is InChI=1S/C12H18ClNO/c1-8(2)10(4)15-12-6-11(7-13)5-9(3)14-12/h5-6,8,10H,7H2,1-4H3. The van der Waals surface area contributed by atoms with Gasteiger partial charge in [0.15, 0.2) is 0 Å². The van der Waals surface area contributed by atoms with Crippen LogP contribution in [0.4, 0.5) is 0 Å². The van der Waals surface area contributed by atoms with Crippen molar-refractivity contribution >= 4 is 11.6 Å². The first-order chi connectivity index (χ1) is 7.02. The van der Waals surface area contributed by atoms with E-state index in [1.54, 1.807) is 0 Å². The molecule has 0 spiro atoms. The molecule has 0 aliphatic rings. The molecule has 1 heterocycles. The summed E-state index contributed by atoms with van der Waals surface area (Å²) in [6.45, 7) is 8.25. The molecule has 1 atom stereocenters. The molecule has 0 fully saturated rings. The Morgan fingerprint density at radius 3 is 2.53 bits per heavy atom.